The van der Waals surface area contributed by atoms with E-state index in [4.69, 9.17) is 5.73 Å². The predicted octanol–water partition coefficient (Wildman–Crippen LogP) is 3.65. The van der Waals surface area contributed by atoms with Gasteiger partial charge < -0.3 is 15.4 Å². The number of fused-ring (bicyclic) bond motifs is 3. The summed E-state index contributed by atoms with van der Waals surface area (Å²) < 4.78 is 43.7. The number of rotatable bonds is 4. The SMILES string of the molecule is NC(=O)c1cccc2c1c1[c]cc(CO)cc1n2Cc1c(F)ccc(F)c1F. The normalized spacial score (nSPS) is 11.4. The Hall–Kier alpha value is -3.32. The molecule has 1 radical (unpaired) electrons. The number of carbonyl (C=O) groups excluding carboxylic acids is 1. The van der Waals surface area contributed by atoms with Crippen molar-refractivity contribution in [3.8, 4) is 0 Å². The molecule has 0 saturated heterocycles. The number of aromatic nitrogens is 1. The molecule has 4 aromatic rings. The van der Waals surface area contributed by atoms with Gasteiger partial charge in [-0.15, -0.1) is 0 Å². The Labute approximate surface area is 157 Å². The predicted molar refractivity (Wildman–Crippen MR) is 98.1 cm³/mol. The van der Waals surface area contributed by atoms with Crippen LogP contribution in [0.15, 0.2) is 42.5 Å². The van der Waals surface area contributed by atoms with E-state index >= 15 is 0 Å². The summed E-state index contributed by atoms with van der Waals surface area (Å²) in [5.41, 5.74) is 6.77. The quantitative estimate of drug-likeness (QED) is 0.528. The van der Waals surface area contributed by atoms with Crippen molar-refractivity contribution >= 4 is 27.7 Å². The average Bonchev–Trinajstić information content (AvgIpc) is 3.01. The first-order chi connectivity index (χ1) is 13.4. The van der Waals surface area contributed by atoms with Gasteiger partial charge in [0.25, 0.3) is 0 Å². The third kappa shape index (κ3) is 2.71. The van der Waals surface area contributed by atoms with Crippen molar-refractivity contribution in [2.75, 3.05) is 0 Å². The van der Waals surface area contributed by atoms with E-state index in [2.05, 4.69) is 6.07 Å². The molecule has 141 valence electrons. The lowest BCUT2D eigenvalue weighted by molar-refractivity contribution is 0.100. The fourth-order valence-electron chi connectivity index (χ4n) is 3.44. The Morgan fingerprint density at radius 1 is 1.11 bits per heavy atom. The van der Waals surface area contributed by atoms with Gasteiger partial charge in [-0.05, 0) is 48.0 Å². The van der Waals surface area contributed by atoms with Gasteiger partial charge in [0.1, 0.15) is 5.82 Å². The fourth-order valence-corrected chi connectivity index (χ4v) is 3.44. The molecule has 0 atom stereocenters. The second kappa shape index (κ2) is 6.69. The van der Waals surface area contributed by atoms with E-state index in [9.17, 15) is 23.1 Å². The van der Waals surface area contributed by atoms with Crippen LogP contribution in [-0.4, -0.2) is 15.6 Å². The zero-order valence-electron chi connectivity index (χ0n) is 14.5. The van der Waals surface area contributed by atoms with Gasteiger partial charge in [-0.1, -0.05) is 6.07 Å². The van der Waals surface area contributed by atoms with Crippen LogP contribution < -0.4 is 5.73 Å². The lowest BCUT2D eigenvalue weighted by Crippen LogP contribution is -2.11. The number of hydrogen-bond acceptors (Lipinski definition) is 2. The van der Waals surface area contributed by atoms with E-state index in [1.807, 2.05) is 0 Å². The van der Waals surface area contributed by atoms with Gasteiger partial charge in [-0.3, -0.25) is 4.79 Å². The summed E-state index contributed by atoms with van der Waals surface area (Å²) in [6.45, 7) is -0.584. The second-order valence-electron chi connectivity index (χ2n) is 6.40. The maximum atomic E-state index is 14.3. The van der Waals surface area contributed by atoms with Crippen LogP contribution in [0.2, 0.25) is 0 Å². The Kier molecular flexibility index (Phi) is 4.31. The van der Waals surface area contributed by atoms with Crippen LogP contribution in [0.4, 0.5) is 13.2 Å². The van der Waals surface area contributed by atoms with Crippen molar-refractivity contribution in [3.05, 3.63) is 82.7 Å². The number of aliphatic hydroxyl groups is 1. The van der Waals surface area contributed by atoms with Crippen molar-refractivity contribution in [2.24, 2.45) is 5.73 Å². The van der Waals surface area contributed by atoms with E-state index < -0.39 is 28.9 Å². The molecule has 0 spiro atoms. The van der Waals surface area contributed by atoms with Crippen molar-refractivity contribution in [2.45, 2.75) is 13.2 Å². The first-order valence-electron chi connectivity index (χ1n) is 8.41. The van der Waals surface area contributed by atoms with Crippen LogP contribution in [0.1, 0.15) is 21.5 Å². The Balaban J connectivity index is 2.08. The third-order valence-electron chi connectivity index (χ3n) is 4.76. The second-order valence-corrected chi connectivity index (χ2v) is 6.40. The van der Waals surface area contributed by atoms with Gasteiger partial charge in [0, 0.05) is 21.9 Å². The Bertz CT molecular complexity index is 1250. The Morgan fingerprint density at radius 2 is 1.86 bits per heavy atom. The maximum Gasteiger partial charge on any atom is 0.249 e. The summed E-state index contributed by atoms with van der Waals surface area (Å²) in [6, 6.07) is 12.6. The monoisotopic (exact) mass is 383 g/mol. The molecule has 1 heterocycles. The number of nitrogens with two attached hydrogens (primary N) is 1. The molecule has 28 heavy (non-hydrogen) atoms. The highest BCUT2D eigenvalue weighted by Gasteiger charge is 2.20. The maximum absolute atomic E-state index is 14.3. The van der Waals surface area contributed by atoms with Crippen molar-refractivity contribution < 1.29 is 23.1 Å². The highest BCUT2D eigenvalue weighted by Crippen LogP contribution is 2.33. The van der Waals surface area contributed by atoms with Gasteiger partial charge in [-0.25, -0.2) is 13.2 Å². The zero-order valence-corrected chi connectivity index (χ0v) is 14.5. The topological polar surface area (TPSA) is 68.2 Å². The number of nitrogens with zero attached hydrogens (tertiary/aromatic N) is 1. The van der Waals surface area contributed by atoms with E-state index in [0.717, 1.165) is 12.1 Å². The van der Waals surface area contributed by atoms with Gasteiger partial charge in [0.2, 0.25) is 5.91 Å². The minimum atomic E-state index is -1.27. The van der Waals surface area contributed by atoms with E-state index in [-0.39, 0.29) is 18.7 Å². The molecule has 0 bridgehead atoms. The summed E-state index contributed by atoms with van der Waals surface area (Å²) in [5, 5.41) is 10.4. The Morgan fingerprint density at radius 3 is 2.57 bits per heavy atom. The van der Waals surface area contributed by atoms with Crippen LogP contribution >= 0.6 is 0 Å². The number of primary amides is 1. The molecular formula is C21H14F3N2O2. The molecule has 0 saturated carbocycles. The molecule has 4 rings (SSSR count). The summed E-state index contributed by atoms with van der Waals surface area (Å²) in [5.74, 6) is -3.98. The van der Waals surface area contributed by atoms with E-state index in [0.29, 0.717) is 27.4 Å². The molecule has 1 aromatic heterocycles. The molecule has 0 unspecified atom stereocenters. The van der Waals surface area contributed by atoms with Crippen molar-refractivity contribution in [3.63, 3.8) is 0 Å². The molecule has 1 amide bonds. The fraction of sp³-hybridized carbons (Fsp3) is 0.0952. The van der Waals surface area contributed by atoms with Crippen LogP contribution in [0.3, 0.4) is 0 Å². The highest BCUT2D eigenvalue weighted by atomic mass is 19.2. The lowest BCUT2D eigenvalue weighted by Gasteiger charge is -2.11. The lowest BCUT2D eigenvalue weighted by atomic mass is 10.0. The van der Waals surface area contributed by atoms with Gasteiger partial charge >= 0.3 is 0 Å². The number of carbonyl (C=O) groups is 1. The van der Waals surface area contributed by atoms with E-state index in [1.165, 1.54) is 0 Å². The molecule has 7 heteroatoms. The average molecular weight is 383 g/mol. The standard InChI is InChI=1S/C21H14F3N2O2/c22-15-6-7-16(23)20(24)14(15)9-26-17-3-1-2-13(21(25)28)19(17)12-5-4-11(10-27)8-18(12)26/h1-4,6-8,27H,9-10H2,(H2,25,28). The van der Waals surface area contributed by atoms with Crippen LogP contribution in [-0.2, 0) is 13.2 Å². The molecule has 0 aliphatic carbocycles. The van der Waals surface area contributed by atoms with Crippen LogP contribution in [0.25, 0.3) is 21.8 Å². The largest absolute Gasteiger partial charge is 0.392 e. The van der Waals surface area contributed by atoms with Gasteiger partial charge in [-0.2, -0.15) is 0 Å². The molecule has 3 N–H and O–H groups in total. The van der Waals surface area contributed by atoms with Crippen molar-refractivity contribution in [1.82, 2.24) is 4.57 Å². The number of amides is 1. The third-order valence-corrected chi connectivity index (χ3v) is 4.76. The zero-order chi connectivity index (χ0) is 20.0. The van der Waals surface area contributed by atoms with Crippen LogP contribution in [0, 0.1) is 23.5 Å². The van der Waals surface area contributed by atoms with Crippen LogP contribution in [0.5, 0.6) is 0 Å². The van der Waals surface area contributed by atoms with Crippen molar-refractivity contribution in [1.29, 1.82) is 0 Å². The first kappa shape index (κ1) is 18.1. The van der Waals surface area contributed by atoms with Gasteiger partial charge in [0.05, 0.1) is 24.2 Å². The molecule has 0 fully saturated rings. The highest BCUT2D eigenvalue weighted by molar-refractivity contribution is 6.17. The number of halogens is 3. The summed E-state index contributed by atoms with van der Waals surface area (Å²) in [4.78, 5) is 11.9. The van der Waals surface area contributed by atoms with E-state index in [1.54, 1.807) is 34.9 Å². The minimum absolute atomic E-state index is 0.231. The summed E-state index contributed by atoms with van der Waals surface area (Å²) in [7, 11) is 0. The number of benzene rings is 3. The summed E-state index contributed by atoms with van der Waals surface area (Å²) >= 11 is 0. The molecule has 4 nitrogen and oxygen atoms in total. The molecule has 0 aliphatic heterocycles. The smallest absolute Gasteiger partial charge is 0.249 e. The minimum Gasteiger partial charge on any atom is -0.392 e. The number of aliphatic hydroxyl groups excluding tert-OH is 1. The first-order valence-corrected chi connectivity index (χ1v) is 8.41. The number of hydrogen-bond donors (Lipinski definition) is 2. The van der Waals surface area contributed by atoms with Gasteiger partial charge in [0.15, 0.2) is 11.6 Å². The molecular weight excluding hydrogens is 369 g/mol. The summed E-state index contributed by atoms with van der Waals surface area (Å²) in [6.07, 6.45) is 0. The molecule has 3 aromatic carbocycles. The molecule has 0 aliphatic rings.